The number of aldehydes is 1. The van der Waals surface area contributed by atoms with Crippen molar-refractivity contribution < 1.29 is 18.7 Å². The molecule has 1 amide bonds. The third kappa shape index (κ3) is 5.01. The Kier molecular flexibility index (Phi) is 6.32. The molecule has 0 aliphatic heterocycles. The Labute approximate surface area is 160 Å². The minimum absolute atomic E-state index is 0.105. The van der Waals surface area contributed by atoms with E-state index >= 15 is 0 Å². The molecule has 0 bridgehead atoms. The predicted octanol–water partition coefficient (Wildman–Crippen LogP) is 3.43. The third-order valence-electron chi connectivity index (χ3n) is 3.75. The molecule has 0 fully saturated rings. The summed E-state index contributed by atoms with van der Waals surface area (Å²) < 4.78 is 11.2. The molecule has 0 unspecified atom stereocenters. The second-order valence-electron chi connectivity index (χ2n) is 5.77. The van der Waals surface area contributed by atoms with E-state index < -0.39 is 0 Å². The van der Waals surface area contributed by atoms with E-state index in [1.807, 2.05) is 24.4 Å². The maximum Gasteiger partial charge on any atom is 0.260 e. The average molecular weight is 385 g/mol. The van der Waals surface area contributed by atoms with Gasteiger partial charge in [-0.1, -0.05) is 13.0 Å². The molecule has 0 atom stereocenters. The van der Waals surface area contributed by atoms with Crippen LogP contribution in [0.5, 0.6) is 5.75 Å². The van der Waals surface area contributed by atoms with E-state index in [9.17, 15) is 9.59 Å². The van der Waals surface area contributed by atoms with Crippen molar-refractivity contribution in [2.45, 2.75) is 19.9 Å². The number of carbonyl (C=O) groups excluding carboxylic acids is 2. The van der Waals surface area contributed by atoms with Gasteiger partial charge in [-0.25, -0.2) is 0 Å². The molecule has 0 spiro atoms. The van der Waals surface area contributed by atoms with Gasteiger partial charge in [-0.2, -0.15) is 0 Å². The summed E-state index contributed by atoms with van der Waals surface area (Å²) in [7, 11) is 0. The molecule has 8 heteroatoms. The summed E-state index contributed by atoms with van der Waals surface area (Å²) in [6, 6.07) is 10.4. The highest BCUT2D eigenvalue weighted by Crippen LogP contribution is 2.23. The molecule has 140 valence electrons. The van der Waals surface area contributed by atoms with Crippen LogP contribution in [0.2, 0.25) is 0 Å². The minimum Gasteiger partial charge on any atom is -0.484 e. The fraction of sp³-hybridized carbons (Fsp3) is 0.263. The quantitative estimate of drug-likeness (QED) is 0.525. The Morgan fingerprint density at radius 1 is 1.26 bits per heavy atom. The topological polar surface area (TPSA) is 85.5 Å². The van der Waals surface area contributed by atoms with Crippen LogP contribution in [-0.2, 0) is 11.3 Å². The van der Waals surface area contributed by atoms with Gasteiger partial charge in [0.1, 0.15) is 12.0 Å². The number of hydrogen-bond acceptors (Lipinski definition) is 7. The van der Waals surface area contributed by atoms with Crippen LogP contribution in [0.4, 0.5) is 0 Å². The average Bonchev–Trinajstić information content (AvgIpc) is 3.38. The standard InChI is InChI=1S/C19H19N3O4S/c1-2-9-22(11-17-20-21-19(26-17)16-4-3-10-27-16)18(24)13-25-15-7-5-14(12-23)6-8-15/h3-8,10,12H,2,9,11,13H2,1H3. The van der Waals surface area contributed by atoms with Gasteiger partial charge in [0.05, 0.1) is 11.4 Å². The number of amides is 1. The lowest BCUT2D eigenvalue weighted by Crippen LogP contribution is -2.35. The molecule has 0 N–H and O–H groups in total. The van der Waals surface area contributed by atoms with Gasteiger partial charge >= 0.3 is 0 Å². The van der Waals surface area contributed by atoms with Crippen molar-refractivity contribution in [2.75, 3.05) is 13.2 Å². The number of nitrogens with zero attached hydrogens (tertiary/aromatic N) is 3. The van der Waals surface area contributed by atoms with Gasteiger partial charge in [-0.15, -0.1) is 21.5 Å². The van der Waals surface area contributed by atoms with Gasteiger partial charge in [0.15, 0.2) is 6.61 Å². The second-order valence-corrected chi connectivity index (χ2v) is 6.72. The van der Waals surface area contributed by atoms with E-state index in [1.54, 1.807) is 29.2 Å². The normalized spacial score (nSPS) is 10.6. The zero-order valence-corrected chi connectivity index (χ0v) is 15.6. The van der Waals surface area contributed by atoms with Crippen LogP contribution in [0.1, 0.15) is 29.6 Å². The maximum atomic E-state index is 12.5. The summed E-state index contributed by atoms with van der Waals surface area (Å²) in [6.45, 7) is 2.68. The highest BCUT2D eigenvalue weighted by atomic mass is 32.1. The molecule has 0 saturated heterocycles. The molecule has 3 rings (SSSR count). The van der Waals surface area contributed by atoms with Gasteiger partial charge in [-0.3, -0.25) is 9.59 Å². The first-order valence-corrected chi connectivity index (χ1v) is 9.39. The smallest absolute Gasteiger partial charge is 0.260 e. The molecule has 0 saturated carbocycles. The number of hydrogen-bond donors (Lipinski definition) is 0. The minimum atomic E-state index is -0.174. The number of ether oxygens (including phenoxy) is 1. The van der Waals surface area contributed by atoms with E-state index in [-0.39, 0.29) is 19.1 Å². The van der Waals surface area contributed by atoms with E-state index in [0.29, 0.717) is 29.6 Å². The largest absolute Gasteiger partial charge is 0.484 e. The van der Waals surface area contributed by atoms with Crippen LogP contribution in [0.3, 0.4) is 0 Å². The Hall–Kier alpha value is -3.00. The van der Waals surface area contributed by atoms with Crippen molar-refractivity contribution in [2.24, 2.45) is 0 Å². The summed E-state index contributed by atoms with van der Waals surface area (Å²) >= 11 is 1.51. The van der Waals surface area contributed by atoms with Crippen LogP contribution >= 0.6 is 11.3 Å². The van der Waals surface area contributed by atoms with Gasteiger partial charge in [-0.05, 0) is 42.1 Å². The Morgan fingerprint density at radius 3 is 2.74 bits per heavy atom. The van der Waals surface area contributed by atoms with Crippen LogP contribution < -0.4 is 4.74 Å². The fourth-order valence-electron chi connectivity index (χ4n) is 2.42. The second kappa shape index (κ2) is 9.09. The van der Waals surface area contributed by atoms with E-state index in [4.69, 9.17) is 9.15 Å². The summed E-state index contributed by atoms with van der Waals surface area (Å²) in [5.41, 5.74) is 0.555. The zero-order valence-electron chi connectivity index (χ0n) is 14.8. The molecule has 0 aliphatic rings. The summed E-state index contributed by atoms with van der Waals surface area (Å²) in [6.07, 6.45) is 1.55. The first kappa shape index (κ1) is 18.8. The van der Waals surface area contributed by atoms with E-state index in [0.717, 1.165) is 17.6 Å². The molecule has 27 heavy (non-hydrogen) atoms. The van der Waals surface area contributed by atoms with Gasteiger partial charge in [0, 0.05) is 12.1 Å². The third-order valence-corrected chi connectivity index (χ3v) is 4.61. The van der Waals surface area contributed by atoms with Crippen molar-refractivity contribution in [3.8, 4) is 16.5 Å². The Bertz CT molecular complexity index is 875. The summed E-state index contributed by atoms with van der Waals surface area (Å²) in [5, 5.41) is 10.0. The van der Waals surface area contributed by atoms with Gasteiger partial charge in [0.2, 0.25) is 5.89 Å². The Morgan fingerprint density at radius 2 is 2.07 bits per heavy atom. The monoisotopic (exact) mass is 385 g/mol. The summed E-state index contributed by atoms with van der Waals surface area (Å²) in [5.74, 6) is 1.20. The Balaban J connectivity index is 1.60. The molecule has 1 aromatic carbocycles. The lowest BCUT2D eigenvalue weighted by Gasteiger charge is -2.20. The van der Waals surface area contributed by atoms with Crippen LogP contribution in [0.25, 0.3) is 10.8 Å². The van der Waals surface area contributed by atoms with Crippen molar-refractivity contribution in [3.05, 3.63) is 53.2 Å². The molecule has 7 nitrogen and oxygen atoms in total. The molecule has 0 aliphatic carbocycles. The van der Waals surface area contributed by atoms with Crippen LogP contribution in [-0.4, -0.2) is 40.4 Å². The number of aromatic nitrogens is 2. The predicted molar refractivity (Wildman–Crippen MR) is 101 cm³/mol. The molecule has 2 aromatic heterocycles. The van der Waals surface area contributed by atoms with Crippen molar-refractivity contribution in [1.82, 2.24) is 15.1 Å². The van der Waals surface area contributed by atoms with Gasteiger partial charge in [0.25, 0.3) is 11.8 Å². The highest BCUT2D eigenvalue weighted by Gasteiger charge is 2.18. The van der Waals surface area contributed by atoms with Crippen molar-refractivity contribution in [3.63, 3.8) is 0 Å². The molecule has 3 aromatic rings. The van der Waals surface area contributed by atoms with E-state index in [1.165, 1.54) is 11.3 Å². The number of thiophene rings is 1. The fourth-order valence-corrected chi connectivity index (χ4v) is 3.07. The summed E-state index contributed by atoms with van der Waals surface area (Å²) in [4.78, 5) is 25.7. The SMILES string of the molecule is CCCN(Cc1nnc(-c2cccs2)o1)C(=O)COc1ccc(C=O)cc1. The number of rotatable bonds is 9. The molecule has 2 heterocycles. The molecular weight excluding hydrogens is 366 g/mol. The number of benzene rings is 1. The lowest BCUT2D eigenvalue weighted by atomic mass is 10.2. The van der Waals surface area contributed by atoms with Crippen LogP contribution in [0, 0.1) is 0 Å². The van der Waals surface area contributed by atoms with Gasteiger partial charge < -0.3 is 14.1 Å². The highest BCUT2D eigenvalue weighted by molar-refractivity contribution is 7.13. The number of carbonyl (C=O) groups is 2. The first-order chi connectivity index (χ1) is 13.2. The van der Waals surface area contributed by atoms with E-state index in [2.05, 4.69) is 10.2 Å². The first-order valence-electron chi connectivity index (χ1n) is 8.51. The van der Waals surface area contributed by atoms with Crippen molar-refractivity contribution >= 4 is 23.5 Å². The molecule has 0 radical (unpaired) electrons. The maximum absolute atomic E-state index is 12.5. The van der Waals surface area contributed by atoms with Crippen LogP contribution in [0.15, 0.2) is 46.2 Å². The zero-order chi connectivity index (χ0) is 19.1. The van der Waals surface area contributed by atoms with Crippen molar-refractivity contribution in [1.29, 1.82) is 0 Å². The lowest BCUT2D eigenvalue weighted by molar-refractivity contribution is -0.134. The molecular formula is C19H19N3O4S.